The van der Waals surface area contributed by atoms with Crippen molar-refractivity contribution < 1.29 is 23.5 Å². The molecule has 0 aromatic rings. The summed E-state index contributed by atoms with van der Waals surface area (Å²) in [5, 5.41) is 16.0. The topological polar surface area (TPSA) is 66.8 Å². The highest BCUT2D eigenvalue weighted by molar-refractivity contribution is 7.52. The van der Waals surface area contributed by atoms with Crippen molar-refractivity contribution in [3.8, 4) is 0 Å². The summed E-state index contributed by atoms with van der Waals surface area (Å²) in [7, 11) is -3.82. The van der Waals surface area contributed by atoms with Gasteiger partial charge in [0.05, 0.1) is 18.8 Å². The lowest BCUT2D eigenvalue weighted by Crippen LogP contribution is -2.24. The van der Waals surface area contributed by atoms with Crippen molar-refractivity contribution in [2.45, 2.75) is 46.8 Å². The number of rotatable bonds is 3. The normalized spacial score (nSPS) is 19.1. The van der Waals surface area contributed by atoms with E-state index >= 15 is 0 Å². The Bertz CT molecular complexity index is 219. The van der Waals surface area contributed by atoms with Gasteiger partial charge in [0.2, 0.25) is 0 Å². The van der Waals surface area contributed by atoms with Crippen LogP contribution in [0.1, 0.15) is 34.6 Å². The molecule has 0 rings (SSSR count). The highest BCUT2D eigenvalue weighted by Crippen LogP contribution is 2.47. The van der Waals surface area contributed by atoms with Crippen LogP contribution in [-0.4, -0.2) is 35.7 Å². The smallest absolute Gasteiger partial charge is 0.364 e. The molecule has 2 N–H and O–H groups in total. The molecular formula is C10H24FO4P. The summed E-state index contributed by atoms with van der Waals surface area (Å²) in [6.07, 6.45) is -0.890. The van der Waals surface area contributed by atoms with Crippen LogP contribution in [0.3, 0.4) is 0 Å². The molecule has 6 heteroatoms. The van der Waals surface area contributed by atoms with Crippen LogP contribution in [0.25, 0.3) is 0 Å². The molecule has 0 heterocycles. The van der Waals surface area contributed by atoms with E-state index in [9.17, 15) is 8.76 Å². The Morgan fingerprint density at radius 3 is 1.75 bits per heavy atom. The molecule has 0 aromatic heterocycles. The second kappa shape index (κ2) is 7.38. The molecule has 100 valence electrons. The zero-order valence-corrected chi connectivity index (χ0v) is 11.8. The summed E-state index contributed by atoms with van der Waals surface area (Å²) >= 11 is 0. The molecule has 0 radical (unpaired) electrons. The van der Waals surface area contributed by atoms with E-state index in [0.29, 0.717) is 0 Å². The Morgan fingerprint density at radius 1 is 1.38 bits per heavy atom. The van der Waals surface area contributed by atoms with Crippen LogP contribution in [0.2, 0.25) is 0 Å². The SMILES string of the molecule is CC(O)CO.CC(OP(C)(=O)F)C(C)(C)C. The molecule has 0 aliphatic carbocycles. The third kappa shape index (κ3) is 14.0. The summed E-state index contributed by atoms with van der Waals surface area (Å²) in [5.41, 5.74) is -0.169. The van der Waals surface area contributed by atoms with Gasteiger partial charge in [-0.2, -0.15) is 4.20 Å². The van der Waals surface area contributed by atoms with Gasteiger partial charge in [-0.3, -0.25) is 4.57 Å². The molecule has 0 spiro atoms. The average molecular weight is 258 g/mol. The quantitative estimate of drug-likeness (QED) is 0.763. The third-order valence-electron chi connectivity index (χ3n) is 1.83. The minimum atomic E-state index is -3.82. The number of hydrogen-bond donors (Lipinski definition) is 2. The minimum absolute atomic E-state index is 0.139. The zero-order chi connectivity index (χ0) is 13.6. The number of halogens is 1. The fraction of sp³-hybridized carbons (Fsp3) is 1.00. The van der Waals surface area contributed by atoms with Crippen LogP contribution in [0.4, 0.5) is 4.20 Å². The highest BCUT2D eigenvalue weighted by Gasteiger charge is 2.27. The molecule has 0 aromatic carbocycles. The predicted octanol–water partition coefficient (Wildman–Crippen LogP) is 2.59. The predicted molar refractivity (Wildman–Crippen MR) is 63.4 cm³/mol. The van der Waals surface area contributed by atoms with Crippen molar-refractivity contribution in [1.29, 1.82) is 0 Å². The Morgan fingerprint density at radius 2 is 1.69 bits per heavy atom. The minimum Gasteiger partial charge on any atom is -0.394 e. The molecule has 4 nitrogen and oxygen atoms in total. The van der Waals surface area contributed by atoms with E-state index in [1.807, 2.05) is 20.8 Å². The first-order chi connectivity index (χ1) is 6.90. The summed E-state index contributed by atoms with van der Waals surface area (Å²) in [6.45, 7) is 9.82. The molecule has 16 heavy (non-hydrogen) atoms. The molecular weight excluding hydrogens is 234 g/mol. The first-order valence-electron chi connectivity index (χ1n) is 5.14. The third-order valence-corrected chi connectivity index (χ3v) is 2.52. The van der Waals surface area contributed by atoms with Crippen LogP contribution in [-0.2, 0) is 9.09 Å². The largest absolute Gasteiger partial charge is 0.394 e. The Hall–Kier alpha value is 0.0400. The van der Waals surface area contributed by atoms with Gasteiger partial charge < -0.3 is 14.7 Å². The van der Waals surface area contributed by atoms with E-state index in [1.54, 1.807) is 6.92 Å². The van der Waals surface area contributed by atoms with Crippen LogP contribution >= 0.6 is 7.68 Å². The van der Waals surface area contributed by atoms with Gasteiger partial charge in [-0.1, -0.05) is 20.8 Å². The molecule has 0 aliphatic rings. The Balaban J connectivity index is 0. The van der Waals surface area contributed by atoms with Gasteiger partial charge >= 0.3 is 7.68 Å². The maximum absolute atomic E-state index is 12.5. The molecule has 3 atom stereocenters. The molecule has 0 saturated carbocycles. The van der Waals surface area contributed by atoms with Crippen molar-refractivity contribution in [3.63, 3.8) is 0 Å². The fourth-order valence-electron chi connectivity index (χ4n) is 0.441. The first kappa shape index (κ1) is 18.4. The van der Waals surface area contributed by atoms with Crippen molar-refractivity contribution >= 4 is 7.68 Å². The summed E-state index contributed by atoms with van der Waals surface area (Å²) < 4.78 is 27.8. The van der Waals surface area contributed by atoms with Crippen molar-refractivity contribution in [1.82, 2.24) is 0 Å². The standard InChI is InChI=1S/C7H16FO2P.C3H8O2/c1-6(7(2,3)4)10-11(5,8)9;1-3(5)2-4/h6H,1-5H3;3-5H,2H2,1H3. The Labute approximate surface area is 97.4 Å². The lowest BCUT2D eigenvalue weighted by atomic mass is 9.91. The van der Waals surface area contributed by atoms with Crippen molar-refractivity contribution in [2.75, 3.05) is 13.3 Å². The van der Waals surface area contributed by atoms with Gasteiger partial charge in [0, 0.05) is 6.66 Å². The number of hydrogen-bond acceptors (Lipinski definition) is 4. The lowest BCUT2D eigenvalue weighted by molar-refractivity contribution is 0.0989. The maximum Gasteiger partial charge on any atom is 0.364 e. The zero-order valence-electron chi connectivity index (χ0n) is 10.9. The van der Waals surface area contributed by atoms with E-state index in [0.717, 1.165) is 6.66 Å². The molecule has 0 saturated heterocycles. The van der Waals surface area contributed by atoms with Crippen LogP contribution < -0.4 is 0 Å². The summed E-state index contributed by atoms with van der Waals surface area (Å²) in [5.74, 6) is 0. The highest BCUT2D eigenvalue weighted by atomic mass is 31.2. The van der Waals surface area contributed by atoms with Crippen LogP contribution in [0.15, 0.2) is 0 Å². The van der Waals surface area contributed by atoms with E-state index < -0.39 is 13.8 Å². The Kier molecular flexibility index (Phi) is 8.49. The van der Waals surface area contributed by atoms with Gasteiger partial charge in [0.15, 0.2) is 0 Å². The van der Waals surface area contributed by atoms with E-state index in [2.05, 4.69) is 0 Å². The van der Waals surface area contributed by atoms with Crippen molar-refractivity contribution in [2.24, 2.45) is 5.41 Å². The van der Waals surface area contributed by atoms with E-state index in [4.69, 9.17) is 14.7 Å². The molecule has 0 aliphatic heterocycles. The van der Waals surface area contributed by atoms with Gasteiger partial charge in [-0.25, -0.2) is 0 Å². The number of aliphatic hydroxyl groups is 2. The first-order valence-corrected chi connectivity index (χ1v) is 7.11. The molecule has 3 unspecified atom stereocenters. The monoisotopic (exact) mass is 258 g/mol. The van der Waals surface area contributed by atoms with Gasteiger partial charge in [-0.05, 0) is 19.3 Å². The molecule has 0 amide bonds. The van der Waals surface area contributed by atoms with E-state index in [1.165, 1.54) is 6.92 Å². The second-order valence-corrected chi connectivity index (χ2v) is 6.60. The maximum atomic E-state index is 12.5. The fourth-order valence-corrected chi connectivity index (χ4v) is 1.32. The molecule has 0 fully saturated rings. The second-order valence-electron chi connectivity index (χ2n) is 4.89. The van der Waals surface area contributed by atoms with E-state index in [-0.39, 0.29) is 18.1 Å². The van der Waals surface area contributed by atoms with Gasteiger partial charge in [-0.15, -0.1) is 0 Å². The molecule has 0 bridgehead atoms. The van der Waals surface area contributed by atoms with Crippen LogP contribution in [0.5, 0.6) is 0 Å². The lowest BCUT2D eigenvalue weighted by Gasteiger charge is -2.27. The average Bonchev–Trinajstić information content (AvgIpc) is 2.00. The number of aliphatic hydroxyl groups excluding tert-OH is 2. The van der Waals surface area contributed by atoms with Gasteiger partial charge in [0.25, 0.3) is 0 Å². The summed E-state index contributed by atoms with van der Waals surface area (Å²) in [6, 6.07) is 0. The summed E-state index contributed by atoms with van der Waals surface area (Å²) in [4.78, 5) is 0. The van der Waals surface area contributed by atoms with Gasteiger partial charge in [0.1, 0.15) is 0 Å². The van der Waals surface area contributed by atoms with Crippen LogP contribution in [0, 0.1) is 5.41 Å². The van der Waals surface area contributed by atoms with Crippen molar-refractivity contribution in [3.05, 3.63) is 0 Å².